The van der Waals surface area contributed by atoms with E-state index >= 15 is 0 Å². The van der Waals surface area contributed by atoms with Gasteiger partial charge in [0, 0.05) is 22.0 Å². The van der Waals surface area contributed by atoms with Crippen LogP contribution < -0.4 is 5.32 Å². The van der Waals surface area contributed by atoms with E-state index in [0.29, 0.717) is 12.3 Å². The highest BCUT2D eigenvalue weighted by Gasteiger charge is 2.28. The fourth-order valence-electron chi connectivity index (χ4n) is 2.46. The number of carbonyl (C=O) groups is 1. The zero-order valence-electron chi connectivity index (χ0n) is 13.8. The van der Waals surface area contributed by atoms with Gasteiger partial charge in [-0.25, -0.2) is 0 Å². The molecule has 1 aliphatic carbocycles. The lowest BCUT2D eigenvalue weighted by Gasteiger charge is -2.08. The molecule has 2 aliphatic rings. The highest BCUT2D eigenvalue weighted by molar-refractivity contribution is 9.10. The van der Waals surface area contributed by atoms with Gasteiger partial charge in [-0.05, 0) is 42.7 Å². The van der Waals surface area contributed by atoms with Crippen molar-refractivity contribution in [1.82, 2.24) is 5.32 Å². The fourth-order valence-corrected chi connectivity index (χ4v) is 3.06. The van der Waals surface area contributed by atoms with E-state index in [-0.39, 0.29) is 11.8 Å². The predicted molar refractivity (Wildman–Crippen MR) is 101 cm³/mol. The molecule has 0 saturated carbocycles. The Bertz CT molecular complexity index is 694. The van der Waals surface area contributed by atoms with Crippen LogP contribution in [0.4, 0.5) is 0 Å². The second kappa shape index (κ2) is 9.09. The van der Waals surface area contributed by atoms with Crippen molar-refractivity contribution < 1.29 is 9.53 Å². The van der Waals surface area contributed by atoms with E-state index in [4.69, 9.17) is 16.3 Å². The topological polar surface area (TPSA) is 38.3 Å². The number of hydrogen-bond donors (Lipinski definition) is 1. The van der Waals surface area contributed by atoms with Crippen molar-refractivity contribution in [2.45, 2.75) is 33.2 Å². The minimum Gasteiger partial charge on any atom is -0.456 e. The summed E-state index contributed by atoms with van der Waals surface area (Å²) in [6.07, 6.45) is 7.24. The Balaban J connectivity index is 0.00000100. The molecule has 0 saturated heterocycles. The number of fused-ring (bicyclic) bond motifs is 1. The number of amides is 1. The first-order chi connectivity index (χ1) is 11.6. The Kier molecular flexibility index (Phi) is 7.13. The number of nitrogens with one attached hydrogen (secondary N) is 1. The highest BCUT2D eigenvalue weighted by atomic mass is 79.9. The van der Waals surface area contributed by atoms with Crippen molar-refractivity contribution in [3.8, 4) is 0 Å². The summed E-state index contributed by atoms with van der Waals surface area (Å²) in [4.78, 5) is 12.2. The number of benzene rings is 1. The molecule has 1 aromatic carbocycles. The standard InChI is InChI=1S/C17H15BrClNO2.C2H6/c18-14-4-2-1-3-12(14)10-20-17(21)16-9-11-5-6-13(19)7-8-15(11)22-16;1-2/h1-4,7-9,11H,5-6,10H2,(H,20,21);1-2H3. The van der Waals surface area contributed by atoms with Crippen LogP contribution in [-0.2, 0) is 16.1 Å². The maximum Gasteiger partial charge on any atom is 0.286 e. The van der Waals surface area contributed by atoms with Gasteiger partial charge in [-0.3, -0.25) is 4.79 Å². The zero-order chi connectivity index (χ0) is 17.5. The lowest BCUT2D eigenvalue weighted by molar-refractivity contribution is -0.120. The van der Waals surface area contributed by atoms with Gasteiger partial charge in [-0.1, -0.05) is 59.6 Å². The third kappa shape index (κ3) is 4.74. The number of rotatable bonds is 3. The van der Waals surface area contributed by atoms with Crippen molar-refractivity contribution in [3.63, 3.8) is 0 Å². The molecular weight excluding hydrogens is 390 g/mol. The van der Waals surface area contributed by atoms with Crippen molar-refractivity contribution in [2.75, 3.05) is 0 Å². The molecule has 0 spiro atoms. The van der Waals surface area contributed by atoms with E-state index < -0.39 is 0 Å². The number of carbonyl (C=O) groups excluding carboxylic acids is 1. The molecule has 3 nitrogen and oxygen atoms in total. The Morgan fingerprint density at radius 2 is 2.08 bits per heavy atom. The first-order valence-corrected chi connectivity index (χ1v) is 9.28. The molecule has 0 bridgehead atoms. The molecule has 128 valence electrons. The van der Waals surface area contributed by atoms with Crippen LogP contribution in [0.1, 0.15) is 32.3 Å². The first kappa shape index (κ1) is 18.8. The van der Waals surface area contributed by atoms with E-state index in [9.17, 15) is 4.79 Å². The third-order valence-electron chi connectivity index (χ3n) is 3.69. The number of hydrogen-bond acceptors (Lipinski definition) is 2. The fraction of sp³-hybridized carbons (Fsp3) is 0.316. The SMILES string of the molecule is CC.O=C(NCc1ccccc1Br)C1=CC2CCC(Cl)=CC=C2O1. The lowest BCUT2D eigenvalue weighted by atomic mass is 10.0. The molecular formula is C19H21BrClNO2. The van der Waals surface area contributed by atoms with Crippen LogP contribution in [0.3, 0.4) is 0 Å². The minimum absolute atomic E-state index is 0.136. The average molecular weight is 411 g/mol. The van der Waals surface area contributed by atoms with Gasteiger partial charge in [0.15, 0.2) is 5.76 Å². The van der Waals surface area contributed by atoms with Gasteiger partial charge in [0.05, 0.1) is 0 Å². The smallest absolute Gasteiger partial charge is 0.286 e. The monoisotopic (exact) mass is 409 g/mol. The van der Waals surface area contributed by atoms with Gasteiger partial charge in [0.1, 0.15) is 5.76 Å². The molecule has 3 rings (SSSR count). The molecule has 1 aromatic rings. The summed E-state index contributed by atoms with van der Waals surface area (Å²) < 4.78 is 6.65. The van der Waals surface area contributed by atoms with Gasteiger partial charge in [0.2, 0.25) is 0 Å². The van der Waals surface area contributed by atoms with Crippen molar-refractivity contribution >= 4 is 33.4 Å². The van der Waals surface area contributed by atoms with Crippen LogP contribution in [0, 0.1) is 5.92 Å². The van der Waals surface area contributed by atoms with Crippen molar-refractivity contribution in [2.24, 2.45) is 5.92 Å². The lowest BCUT2D eigenvalue weighted by Crippen LogP contribution is -2.24. The van der Waals surface area contributed by atoms with Crippen LogP contribution in [0.15, 0.2) is 63.5 Å². The summed E-state index contributed by atoms with van der Waals surface area (Å²) in [5, 5.41) is 3.70. The number of allylic oxidation sites excluding steroid dienone is 4. The molecule has 1 heterocycles. The normalized spacial score (nSPS) is 18.7. The number of halogens is 2. The zero-order valence-corrected chi connectivity index (χ0v) is 16.2. The first-order valence-electron chi connectivity index (χ1n) is 8.11. The van der Waals surface area contributed by atoms with Gasteiger partial charge in [0.25, 0.3) is 5.91 Å². The minimum atomic E-state index is -0.195. The molecule has 5 heteroatoms. The van der Waals surface area contributed by atoms with E-state index in [1.807, 2.05) is 56.3 Å². The van der Waals surface area contributed by atoms with E-state index in [2.05, 4.69) is 21.2 Å². The molecule has 1 N–H and O–H groups in total. The van der Waals surface area contributed by atoms with E-state index in [1.54, 1.807) is 0 Å². The molecule has 1 aliphatic heterocycles. The largest absolute Gasteiger partial charge is 0.456 e. The maximum atomic E-state index is 12.2. The van der Waals surface area contributed by atoms with Crippen LogP contribution in [-0.4, -0.2) is 5.91 Å². The second-order valence-corrected chi connectivity index (χ2v) is 6.57. The van der Waals surface area contributed by atoms with E-state index in [1.165, 1.54) is 0 Å². The van der Waals surface area contributed by atoms with Crippen LogP contribution in [0.25, 0.3) is 0 Å². The quantitative estimate of drug-likeness (QED) is 0.722. The van der Waals surface area contributed by atoms with Crippen molar-refractivity contribution in [3.05, 3.63) is 69.1 Å². The molecule has 0 radical (unpaired) electrons. The van der Waals surface area contributed by atoms with E-state index in [0.717, 1.165) is 33.7 Å². The average Bonchev–Trinajstić information content (AvgIpc) is 2.94. The summed E-state index contributed by atoms with van der Waals surface area (Å²) >= 11 is 9.49. The molecule has 0 fully saturated rings. The van der Waals surface area contributed by atoms with Crippen LogP contribution in [0.5, 0.6) is 0 Å². The van der Waals surface area contributed by atoms with Gasteiger partial charge in [-0.15, -0.1) is 0 Å². The third-order valence-corrected chi connectivity index (χ3v) is 4.78. The molecule has 1 unspecified atom stereocenters. The highest BCUT2D eigenvalue weighted by Crippen LogP contribution is 2.34. The Morgan fingerprint density at radius 3 is 2.83 bits per heavy atom. The van der Waals surface area contributed by atoms with Gasteiger partial charge < -0.3 is 10.1 Å². The Morgan fingerprint density at radius 1 is 1.33 bits per heavy atom. The summed E-state index contributed by atoms with van der Waals surface area (Å²) in [7, 11) is 0. The maximum absolute atomic E-state index is 12.2. The summed E-state index contributed by atoms with van der Waals surface area (Å²) in [5.41, 5.74) is 1.03. The molecule has 0 aromatic heterocycles. The second-order valence-electron chi connectivity index (χ2n) is 5.23. The van der Waals surface area contributed by atoms with Gasteiger partial charge in [-0.2, -0.15) is 0 Å². The predicted octanol–water partition coefficient (Wildman–Crippen LogP) is 5.42. The summed E-state index contributed by atoms with van der Waals surface area (Å²) in [5.74, 6) is 1.10. The molecule has 24 heavy (non-hydrogen) atoms. The number of ether oxygens (including phenoxy) is 1. The van der Waals surface area contributed by atoms with Crippen molar-refractivity contribution in [1.29, 1.82) is 0 Å². The summed E-state index contributed by atoms with van der Waals surface area (Å²) in [6.45, 7) is 4.45. The van der Waals surface area contributed by atoms with Crippen LogP contribution in [0.2, 0.25) is 0 Å². The van der Waals surface area contributed by atoms with Gasteiger partial charge >= 0.3 is 0 Å². The van der Waals surface area contributed by atoms with Crippen LogP contribution >= 0.6 is 27.5 Å². The Hall–Kier alpha value is -1.52. The molecule has 1 atom stereocenters. The molecule has 1 amide bonds. The summed E-state index contributed by atoms with van der Waals surface area (Å²) in [6, 6.07) is 7.80. The Labute approximate surface area is 156 Å².